The lowest BCUT2D eigenvalue weighted by atomic mass is 10.1. The number of imidazole rings is 1. The van der Waals surface area contributed by atoms with Gasteiger partial charge in [0.1, 0.15) is 11.3 Å². The lowest BCUT2D eigenvalue weighted by molar-refractivity contribution is 0.0597. The highest BCUT2D eigenvalue weighted by Crippen LogP contribution is 2.33. The lowest BCUT2D eigenvalue weighted by Gasteiger charge is -2.25. The highest BCUT2D eigenvalue weighted by Gasteiger charge is 2.23. The van der Waals surface area contributed by atoms with E-state index < -0.39 is 0 Å². The molecule has 4 rings (SSSR count). The second-order valence-corrected chi connectivity index (χ2v) is 6.15. The highest BCUT2D eigenvalue weighted by atomic mass is 32.1. The quantitative estimate of drug-likeness (QED) is 0.729. The first kappa shape index (κ1) is 12.7. The van der Waals surface area contributed by atoms with E-state index in [0.29, 0.717) is 13.0 Å². The number of nitrogens with zero attached hydrogens (tertiary/aromatic N) is 4. The third kappa shape index (κ3) is 2.01. The van der Waals surface area contributed by atoms with Gasteiger partial charge >= 0.3 is 0 Å². The molecule has 0 N–H and O–H groups in total. The Morgan fingerprint density at radius 2 is 2.43 bits per heavy atom. The number of nitriles is 1. The van der Waals surface area contributed by atoms with Crippen molar-refractivity contribution in [1.29, 1.82) is 5.26 Å². The van der Waals surface area contributed by atoms with Crippen molar-refractivity contribution in [3.8, 4) is 6.07 Å². The zero-order chi connectivity index (χ0) is 14.2. The van der Waals surface area contributed by atoms with Gasteiger partial charge in [0.25, 0.3) is 0 Å². The number of fused-ring (bicyclic) bond motifs is 3. The number of pyridine rings is 1. The number of aromatic nitrogens is 3. The second kappa shape index (κ2) is 5.10. The minimum absolute atomic E-state index is 0.264. The van der Waals surface area contributed by atoms with Gasteiger partial charge in [-0.2, -0.15) is 5.26 Å². The van der Waals surface area contributed by atoms with Crippen LogP contribution < -0.4 is 0 Å². The number of ether oxygens (including phenoxy) is 1. The van der Waals surface area contributed by atoms with Crippen molar-refractivity contribution in [2.45, 2.75) is 25.3 Å². The van der Waals surface area contributed by atoms with Crippen LogP contribution in [0.1, 0.15) is 24.7 Å². The fourth-order valence-corrected chi connectivity index (χ4v) is 3.93. The first-order chi connectivity index (χ1) is 10.4. The lowest BCUT2D eigenvalue weighted by Crippen LogP contribution is -2.22. The minimum Gasteiger partial charge on any atom is -0.379 e. The average molecular weight is 298 g/mol. The minimum atomic E-state index is 0.264. The summed E-state index contributed by atoms with van der Waals surface area (Å²) >= 11 is 1.68. The first-order valence-electron chi connectivity index (χ1n) is 7.06. The molecule has 6 heteroatoms. The van der Waals surface area contributed by atoms with Crippen LogP contribution in [0.25, 0.3) is 21.3 Å². The van der Waals surface area contributed by atoms with E-state index in [9.17, 15) is 0 Å². The first-order valence-corrected chi connectivity index (χ1v) is 7.94. The number of hydrogen-bond acceptors (Lipinski definition) is 5. The average Bonchev–Trinajstić information content (AvgIpc) is 3.11. The fraction of sp³-hybridized carbons (Fsp3) is 0.400. The van der Waals surface area contributed by atoms with Crippen LogP contribution in [-0.4, -0.2) is 27.7 Å². The Labute approximate surface area is 125 Å². The maximum atomic E-state index is 9.09. The Morgan fingerprint density at radius 1 is 1.48 bits per heavy atom. The molecule has 21 heavy (non-hydrogen) atoms. The van der Waals surface area contributed by atoms with Crippen LogP contribution in [0.15, 0.2) is 17.6 Å². The molecule has 1 saturated heterocycles. The fourth-order valence-electron chi connectivity index (χ4n) is 3.04. The van der Waals surface area contributed by atoms with Gasteiger partial charge in [-0.1, -0.05) is 0 Å². The summed E-state index contributed by atoms with van der Waals surface area (Å²) < 4.78 is 9.01. The van der Waals surface area contributed by atoms with Gasteiger partial charge in [0, 0.05) is 6.61 Å². The van der Waals surface area contributed by atoms with Crippen molar-refractivity contribution in [3.05, 3.63) is 23.5 Å². The zero-order valence-corrected chi connectivity index (χ0v) is 12.3. The highest BCUT2D eigenvalue weighted by molar-refractivity contribution is 7.18. The van der Waals surface area contributed by atoms with Crippen LogP contribution in [0.3, 0.4) is 0 Å². The predicted octanol–water partition coefficient (Wildman–Crippen LogP) is 3.06. The third-order valence-corrected chi connectivity index (χ3v) is 4.85. The van der Waals surface area contributed by atoms with Crippen LogP contribution in [0.2, 0.25) is 0 Å². The summed E-state index contributed by atoms with van der Waals surface area (Å²) in [4.78, 5) is 9.09. The molecular formula is C15H14N4OS. The molecule has 0 amide bonds. The molecule has 0 aliphatic carbocycles. The predicted molar refractivity (Wildman–Crippen MR) is 81.3 cm³/mol. The van der Waals surface area contributed by atoms with Crippen molar-refractivity contribution < 1.29 is 4.74 Å². The molecule has 1 aliphatic heterocycles. The number of hydrogen-bond donors (Lipinski definition) is 0. The van der Waals surface area contributed by atoms with E-state index in [1.54, 1.807) is 11.3 Å². The van der Waals surface area contributed by atoms with E-state index in [2.05, 4.69) is 26.0 Å². The van der Waals surface area contributed by atoms with E-state index in [0.717, 1.165) is 46.5 Å². The van der Waals surface area contributed by atoms with Gasteiger partial charge in [-0.3, -0.25) is 4.98 Å². The van der Waals surface area contributed by atoms with Gasteiger partial charge in [-0.05, 0) is 24.3 Å². The topological polar surface area (TPSA) is 63.7 Å². The smallest absolute Gasteiger partial charge is 0.124 e. The maximum Gasteiger partial charge on any atom is 0.124 e. The SMILES string of the molecule is N#CCc1nc2cnc3ccsc3c2n1C1CCCOC1. The molecular weight excluding hydrogens is 284 g/mol. The second-order valence-electron chi connectivity index (χ2n) is 5.23. The van der Waals surface area contributed by atoms with Gasteiger partial charge in [0.2, 0.25) is 0 Å². The molecule has 1 atom stereocenters. The molecule has 0 aromatic carbocycles. The van der Waals surface area contributed by atoms with E-state index in [1.807, 2.05) is 12.3 Å². The normalized spacial score (nSPS) is 19.1. The standard InChI is InChI=1S/C15H14N4OS/c16-5-3-13-18-12-8-17-11-4-7-21-15(11)14(12)19(13)10-2-1-6-20-9-10/h4,7-8,10H,1-3,6,9H2. The molecule has 3 aromatic heterocycles. The van der Waals surface area contributed by atoms with E-state index in [1.165, 1.54) is 0 Å². The van der Waals surface area contributed by atoms with Gasteiger partial charge in [-0.15, -0.1) is 11.3 Å². The molecule has 3 aromatic rings. The van der Waals surface area contributed by atoms with Crippen LogP contribution in [0.4, 0.5) is 0 Å². The van der Waals surface area contributed by atoms with Gasteiger partial charge in [-0.25, -0.2) is 4.98 Å². The van der Waals surface area contributed by atoms with Crippen molar-refractivity contribution in [1.82, 2.24) is 14.5 Å². The molecule has 106 valence electrons. The summed E-state index contributed by atoms with van der Waals surface area (Å²) in [5.74, 6) is 0.825. The Bertz CT molecular complexity index is 838. The van der Waals surface area contributed by atoms with Crippen molar-refractivity contribution in [3.63, 3.8) is 0 Å². The van der Waals surface area contributed by atoms with Crippen molar-refractivity contribution >= 4 is 32.6 Å². The number of thiophene rings is 1. The summed E-state index contributed by atoms with van der Waals surface area (Å²) in [5.41, 5.74) is 2.98. The van der Waals surface area contributed by atoms with Crippen molar-refractivity contribution in [2.75, 3.05) is 13.2 Å². The van der Waals surface area contributed by atoms with Crippen LogP contribution >= 0.6 is 11.3 Å². The Hall–Kier alpha value is -1.97. The Kier molecular flexibility index (Phi) is 3.09. The summed E-state index contributed by atoms with van der Waals surface area (Å²) in [5, 5.41) is 11.1. The van der Waals surface area contributed by atoms with Crippen LogP contribution in [0.5, 0.6) is 0 Å². The summed E-state index contributed by atoms with van der Waals surface area (Å²) in [6.45, 7) is 1.52. The maximum absolute atomic E-state index is 9.09. The van der Waals surface area contributed by atoms with E-state index in [4.69, 9.17) is 10.00 Å². The number of rotatable bonds is 2. The summed E-state index contributed by atoms with van der Waals surface area (Å²) in [6.07, 6.45) is 4.25. The van der Waals surface area contributed by atoms with Gasteiger partial charge in [0.05, 0.1) is 47.1 Å². The van der Waals surface area contributed by atoms with Crippen molar-refractivity contribution in [2.24, 2.45) is 0 Å². The zero-order valence-electron chi connectivity index (χ0n) is 11.5. The summed E-state index contributed by atoms with van der Waals surface area (Å²) in [6, 6.07) is 4.51. The van der Waals surface area contributed by atoms with Crippen LogP contribution in [0, 0.1) is 11.3 Å². The molecule has 5 nitrogen and oxygen atoms in total. The Morgan fingerprint density at radius 3 is 3.24 bits per heavy atom. The monoisotopic (exact) mass is 298 g/mol. The largest absolute Gasteiger partial charge is 0.379 e. The van der Waals surface area contributed by atoms with E-state index in [-0.39, 0.29) is 6.04 Å². The molecule has 0 bridgehead atoms. The Balaban J connectivity index is 2.00. The molecule has 1 aliphatic rings. The van der Waals surface area contributed by atoms with E-state index >= 15 is 0 Å². The molecule has 0 spiro atoms. The molecule has 0 radical (unpaired) electrons. The summed E-state index contributed by atoms with van der Waals surface area (Å²) in [7, 11) is 0. The van der Waals surface area contributed by atoms with Crippen LogP contribution in [-0.2, 0) is 11.2 Å². The molecule has 1 fully saturated rings. The van der Waals surface area contributed by atoms with Gasteiger partial charge in [0.15, 0.2) is 0 Å². The molecule has 4 heterocycles. The molecule has 0 saturated carbocycles. The third-order valence-electron chi connectivity index (χ3n) is 3.94. The van der Waals surface area contributed by atoms with Gasteiger partial charge < -0.3 is 9.30 Å². The molecule has 1 unspecified atom stereocenters.